The highest BCUT2D eigenvalue weighted by Crippen LogP contribution is 2.23. The Labute approximate surface area is 164 Å². The lowest BCUT2D eigenvalue weighted by Gasteiger charge is -2.09. The van der Waals surface area contributed by atoms with E-state index in [1.54, 1.807) is 41.0 Å². The lowest BCUT2D eigenvalue weighted by Crippen LogP contribution is -2.33. The van der Waals surface area contributed by atoms with Gasteiger partial charge in [0.15, 0.2) is 11.2 Å². The summed E-state index contributed by atoms with van der Waals surface area (Å²) in [5, 5.41) is 12.7. The SMILES string of the molecule is O=C(Nn1ccc2c(nnc3c(-c4ccccc4)cnn32)c1=O)c1ccccc1. The Bertz CT molecular complexity index is 1410. The standard InChI is InChI=1S/C21H14N6O2/c28-20(15-9-5-2-6-10-15)25-26-12-11-17-18(21(26)29)23-24-19-16(13-22-27(17)19)14-7-3-1-4-8-14/h1-13H,(H,25,28). The Morgan fingerprint density at radius 3 is 2.38 bits per heavy atom. The van der Waals surface area contributed by atoms with Crippen LogP contribution < -0.4 is 11.0 Å². The molecule has 8 heteroatoms. The van der Waals surface area contributed by atoms with E-state index in [0.717, 1.165) is 15.8 Å². The summed E-state index contributed by atoms with van der Waals surface area (Å²) in [5.41, 5.74) is 5.47. The number of nitrogens with zero attached hydrogens (tertiary/aromatic N) is 5. The molecular formula is C21H14N6O2. The Hall–Kier alpha value is -4.33. The summed E-state index contributed by atoms with van der Waals surface area (Å²) in [4.78, 5) is 25.2. The summed E-state index contributed by atoms with van der Waals surface area (Å²) in [6, 6.07) is 20.0. The Morgan fingerprint density at radius 2 is 1.62 bits per heavy atom. The second-order valence-corrected chi connectivity index (χ2v) is 6.39. The number of hydrogen-bond donors (Lipinski definition) is 1. The number of rotatable bonds is 3. The summed E-state index contributed by atoms with van der Waals surface area (Å²) < 4.78 is 2.68. The molecule has 3 aromatic heterocycles. The zero-order chi connectivity index (χ0) is 19.8. The first-order valence-corrected chi connectivity index (χ1v) is 8.90. The van der Waals surface area contributed by atoms with Gasteiger partial charge in [0, 0.05) is 17.3 Å². The summed E-state index contributed by atoms with van der Waals surface area (Å²) in [6.45, 7) is 0. The van der Waals surface area contributed by atoms with Crippen molar-refractivity contribution in [3.05, 3.63) is 95.0 Å². The summed E-state index contributed by atoms with van der Waals surface area (Å²) in [6.07, 6.45) is 3.18. The van der Waals surface area contributed by atoms with E-state index in [0.29, 0.717) is 16.7 Å². The van der Waals surface area contributed by atoms with Gasteiger partial charge in [-0.3, -0.25) is 15.0 Å². The lowest BCUT2D eigenvalue weighted by molar-refractivity contribution is 0.101. The summed E-state index contributed by atoms with van der Waals surface area (Å²) >= 11 is 0. The molecule has 0 unspecified atom stereocenters. The first-order chi connectivity index (χ1) is 14.2. The monoisotopic (exact) mass is 382 g/mol. The van der Waals surface area contributed by atoms with Gasteiger partial charge in [-0.15, -0.1) is 10.2 Å². The van der Waals surface area contributed by atoms with Crippen molar-refractivity contribution in [2.45, 2.75) is 0 Å². The predicted octanol–water partition coefficient (Wildman–Crippen LogP) is 2.49. The lowest BCUT2D eigenvalue weighted by atomic mass is 10.1. The highest BCUT2D eigenvalue weighted by atomic mass is 16.2. The van der Waals surface area contributed by atoms with Gasteiger partial charge in [-0.25, -0.2) is 9.19 Å². The third-order valence-electron chi connectivity index (χ3n) is 4.60. The Morgan fingerprint density at radius 1 is 0.897 bits per heavy atom. The minimum atomic E-state index is -0.488. The van der Waals surface area contributed by atoms with Crippen molar-refractivity contribution < 1.29 is 4.79 Å². The number of fused-ring (bicyclic) bond motifs is 3. The summed E-state index contributed by atoms with van der Waals surface area (Å²) in [5.74, 6) is -0.397. The van der Waals surface area contributed by atoms with E-state index in [1.807, 2.05) is 36.4 Å². The molecular weight excluding hydrogens is 368 g/mol. The maximum absolute atomic E-state index is 12.8. The van der Waals surface area contributed by atoms with Crippen molar-refractivity contribution in [3.63, 3.8) is 0 Å². The molecule has 0 bridgehead atoms. The molecule has 0 aliphatic rings. The maximum Gasteiger partial charge on any atom is 0.299 e. The van der Waals surface area contributed by atoms with Gasteiger partial charge in [0.25, 0.3) is 11.5 Å². The maximum atomic E-state index is 12.8. The van der Waals surface area contributed by atoms with Gasteiger partial charge in [0.2, 0.25) is 0 Å². The molecule has 0 saturated carbocycles. The van der Waals surface area contributed by atoms with Crippen molar-refractivity contribution in [1.82, 2.24) is 24.5 Å². The average molecular weight is 382 g/mol. The van der Waals surface area contributed by atoms with E-state index in [1.165, 1.54) is 6.20 Å². The van der Waals surface area contributed by atoms with E-state index >= 15 is 0 Å². The number of carbonyl (C=O) groups excluding carboxylic acids is 1. The molecule has 0 fully saturated rings. The number of amides is 1. The van der Waals surface area contributed by atoms with E-state index in [4.69, 9.17) is 0 Å². The van der Waals surface area contributed by atoms with Gasteiger partial charge >= 0.3 is 0 Å². The van der Waals surface area contributed by atoms with Crippen molar-refractivity contribution in [2.75, 3.05) is 5.43 Å². The van der Waals surface area contributed by atoms with Crippen LogP contribution in [0.1, 0.15) is 10.4 Å². The van der Waals surface area contributed by atoms with Crippen molar-refractivity contribution in [1.29, 1.82) is 0 Å². The number of benzene rings is 2. The topological polar surface area (TPSA) is 94.2 Å². The van der Waals surface area contributed by atoms with Gasteiger partial charge in [0.05, 0.1) is 6.20 Å². The molecule has 3 heterocycles. The van der Waals surface area contributed by atoms with Crippen LogP contribution in [0.5, 0.6) is 0 Å². The predicted molar refractivity (Wildman–Crippen MR) is 108 cm³/mol. The smallest absolute Gasteiger partial charge is 0.267 e. The molecule has 0 radical (unpaired) electrons. The fraction of sp³-hybridized carbons (Fsp3) is 0. The van der Waals surface area contributed by atoms with Gasteiger partial charge in [-0.05, 0) is 23.8 Å². The van der Waals surface area contributed by atoms with Crippen LogP contribution in [0.25, 0.3) is 27.8 Å². The van der Waals surface area contributed by atoms with Crippen LogP contribution in [0.3, 0.4) is 0 Å². The van der Waals surface area contributed by atoms with Gasteiger partial charge in [0.1, 0.15) is 5.52 Å². The Kier molecular flexibility index (Phi) is 3.87. The molecule has 1 amide bonds. The zero-order valence-corrected chi connectivity index (χ0v) is 15.1. The van der Waals surface area contributed by atoms with E-state index < -0.39 is 11.5 Å². The summed E-state index contributed by atoms with van der Waals surface area (Å²) in [7, 11) is 0. The molecule has 0 aliphatic carbocycles. The fourth-order valence-corrected chi connectivity index (χ4v) is 3.17. The zero-order valence-electron chi connectivity index (χ0n) is 15.1. The molecule has 0 spiro atoms. The normalized spacial score (nSPS) is 11.0. The van der Waals surface area contributed by atoms with Crippen LogP contribution in [-0.2, 0) is 0 Å². The molecule has 0 aliphatic heterocycles. The van der Waals surface area contributed by atoms with Crippen LogP contribution in [0.15, 0.2) is 83.9 Å². The molecule has 0 atom stereocenters. The Balaban J connectivity index is 1.59. The molecule has 1 N–H and O–H groups in total. The first-order valence-electron chi connectivity index (χ1n) is 8.90. The average Bonchev–Trinajstić information content (AvgIpc) is 3.21. The van der Waals surface area contributed by atoms with Gasteiger partial charge in [-0.2, -0.15) is 5.10 Å². The molecule has 29 heavy (non-hydrogen) atoms. The van der Waals surface area contributed by atoms with Crippen LogP contribution >= 0.6 is 0 Å². The third kappa shape index (κ3) is 2.83. The second kappa shape index (κ2) is 6.68. The van der Waals surface area contributed by atoms with Crippen LogP contribution in [0.4, 0.5) is 0 Å². The highest BCUT2D eigenvalue weighted by Gasteiger charge is 2.15. The minimum Gasteiger partial charge on any atom is -0.267 e. The number of hydrogen-bond acceptors (Lipinski definition) is 5. The van der Waals surface area contributed by atoms with Crippen LogP contribution in [-0.4, -0.2) is 30.4 Å². The third-order valence-corrected chi connectivity index (χ3v) is 4.60. The van der Waals surface area contributed by atoms with E-state index in [-0.39, 0.29) is 5.52 Å². The van der Waals surface area contributed by atoms with E-state index in [9.17, 15) is 9.59 Å². The number of aromatic nitrogens is 5. The largest absolute Gasteiger partial charge is 0.299 e. The number of pyridine rings is 1. The molecule has 5 rings (SSSR count). The molecule has 5 aromatic rings. The molecule has 8 nitrogen and oxygen atoms in total. The fourth-order valence-electron chi connectivity index (χ4n) is 3.17. The van der Waals surface area contributed by atoms with Gasteiger partial charge in [-0.1, -0.05) is 48.5 Å². The first kappa shape index (κ1) is 16.8. The van der Waals surface area contributed by atoms with Crippen LogP contribution in [0, 0.1) is 0 Å². The van der Waals surface area contributed by atoms with Gasteiger partial charge < -0.3 is 0 Å². The molecule has 0 saturated heterocycles. The van der Waals surface area contributed by atoms with Crippen LogP contribution in [0.2, 0.25) is 0 Å². The van der Waals surface area contributed by atoms with Crippen molar-refractivity contribution >= 4 is 22.6 Å². The van der Waals surface area contributed by atoms with Crippen molar-refractivity contribution in [2.24, 2.45) is 0 Å². The quantitative estimate of drug-likeness (QED) is 0.517. The molecule has 140 valence electrons. The highest BCUT2D eigenvalue weighted by molar-refractivity contribution is 6.00. The number of nitrogens with one attached hydrogen (secondary N) is 1. The minimum absolute atomic E-state index is 0.107. The number of carbonyl (C=O) groups is 1. The van der Waals surface area contributed by atoms with Crippen molar-refractivity contribution in [3.8, 4) is 11.1 Å². The second-order valence-electron chi connectivity index (χ2n) is 6.39. The van der Waals surface area contributed by atoms with E-state index in [2.05, 4.69) is 20.7 Å². The molecule has 2 aromatic carbocycles.